The number of carbonyl (C=O) groups is 1. The van der Waals surface area contributed by atoms with Gasteiger partial charge in [-0.3, -0.25) is 20.2 Å². The van der Waals surface area contributed by atoms with Crippen LogP contribution in [0.3, 0.4) is 0 Å². The zero-order chi connectivity index (χ0) is 22.0. The van der Waals surface area contributed by atoms with Crippen LogP contribution in [0.5, 0.6) is 11.5 Å². The first kappa shape index (κ1) is 20.8. The molecule has 9 heteroatoms. The number of nitro benzene ring substituents is 1. The van der Waals surface area contributed by atoms with E-state index in [9.17, 15) is 14.9 Å². The maximum Gasteiger partial charge on any atom is 0.286 e. The van der Waals surface area contributed by atoms with Gasteiger partial charge in [-0.2, -0.15) is 0 Å². The molecule has 1 N–H and O–H groups in total. The molecular formula is C22H21N3O5S. The van der Waals surface area contributed by atoms with Crippen LogP contribution in [0, 0.1) is 10.1 Å². The fourth-order valence-electron chi connectivity index (χ4n) is 3.67. The highest BCUT2D eigenvalue weighted by Gasteiger charge is 2.25. The zero-order valence-electron chi connectivity index (χ0n) is 17.1. The molecule has 0 saturated carbocycles. The molecule has 160 valence electrons. The van der Waals surface area contributed by atoms with Gasteiger partial charge in [0.1, 0.15) is 5.56 Å². The standard InChI is InChI=1S/C22H21N3O5S/c1-3-30-20-11-18(25(27)28)16(10-19(20)29-2)21(26)24-22-23-17(12-31-22)15-8-7-13-5-4-6-14(13)9-15/h7-12H,3-6H2,1-2H3,(H,23,24,26). The molecule has 0 saturated heterocycles. The number of rotatable bonds is 7. The maximum atomic E-state index is 12.8. The first-order valence-corrected chi connectivity index (χ1v) is 10.8. The number of hydrogen-bond acceptors (Lipinski definition) is 7. The highest BCUT2D eigenvalue weighted by Crippen LogP contribution is 2.36. The number of nitro groups is 1. The van der Waals surface area contributed by atoms with Crippen LogP contribution in [0.25, 0.3) is 11.3 Å². The van der Waals surface area contributed by atoms with Crippen molar-refractivity contribution in [2.45, 2.75) is 26.2 Å². The van der Waals surface area contributed by atoms with E-state index in [1.54, 1.807) is 6.92 Å². The summed E-state index contributed by atoms with van der Waals surface area (Å²) in [5, 5.41) is 16.4. The van der Waals surface area contributed by atoms with E-state index in [2.05, 4.69) is 22.4 Å². The molecule has 8 nitrogen and oxygen atoms in total. The lowest BCUT2D eigenvalue weighted by atomic mass is 10.1. The number of anilines is 1. The summed E-state index contributed by atoms with van der Waals surface area (Å²) in [6.07, 6.45) is 3.35. The summed E-state index contributed by atoms with van der Waals surface area (Å²) < 4.78 is 10.6. The Kier molecular flexibility index (Phi) is 5.85. The SMILES string of the molecule is CCOc1cc([N+](=O)[O-])c(C(=O)Nc2nc(-c3ccc4c(c3)CCC4)cs2)cc1OC. The summed E-state index contributed by atoms with van der Waals surface area (Å²) in [6, 6.07) is 8.82. The van der Waals surface area contributed by atoms with Crippen molar-refractivity contribution >= 4 is 28.1 Å². The van der Waals surface area contributed by atoms with Gasteiger partial charge in [-0.25, -0.2) is 4.98 Å². The number of ether oxygens (including phenoxy) is 2. The summed E-state index contributed by atoms with van der Waals surface area (Å²) in [7, 11) is 1.41. The monoisotopic (exact) mass is 439 g/mol. The molecule has 3 aromatic rings. The second kappa shape index (κ2) is 8.73. The minimum atomic E-state index is -0.636. The molecule has 0 unspecified atom stereocenters. The van der Waals surface area contributed by atoms with E-state index in [-0.39, 0.29) is 22.7 Å². The van der Waals surface area contributed by atoms with Crippen molar-refractivity contribution in [3.8, 4) is 22.8 Å². The number of hydrogen-bond donors (Lipinski definition) is 1. The molecule has 1 aromatic heterocycles. The van der Waals surface area contributed by atoms with Crippen molar-refractivity contribution in [1.82, 2.24) is 4.98 Å². The van der Waals surface area contributed by atoms with Gasteiger partial charge >= 0.3 is 0 Å². The van der Waals surface area contributed by atoms with E-state index in [0.29, 0.717) is 11.7 Å². The molecular weight excluding hydrogens is 418 g/mol. The van der Waals surface area contributed by atoms with Gasteiger partial charge in [0.05, 0.1) is 30.4 Å². The number of benzene rings is 2. The molecule has 4 rings (SSSR count). The Bertz CT molecular complexity index is 1160. The van der Waals surface area contributed by atoms with E-state index in [4.69, 9.17) is 9.47 Å². The number of thiazole rings is 1. The molecule has 1 heterocycles. The molecule has 31 heavy (non-hydrogen) atoms. The Morgan fingerprint density at radius 3 is 2.77 bits per heavy atom. The predicted molar refractivity (Wildman–Crippen MR) is 118 cm³/mol. The van der Waals surface area contributed by atoms with Crippen molar-refractivity contribution in [1.29, 1.82) is 0 Å². The summed E-state index contributed by atoms with van der Waals surface area (Å²) in [6.45, 7) is 2.07. The molecule has 2 aromatic carbocycles. The molecule has 1 aliphatic rings. The summed E-state index contributed by atoms with van der Waals surface area (Å²) in [5.74, 6) is -0.181. The Morgan fingerprint density at radius 1 is 1.23 bits per heavy atom. The van der Waals surface area contributed by atoms with Crippen LogP contribution < -0.4 is 14.8 Å². The van der Waals surface area contributed by atoms with Gasteiger partial charge < -0.3 is 9.47 Å². The summed E-state index contributed by atoms with van der Waals surface area (Å²) >= 11 is 1.27. The minimum Gasteiger partial charge on any atom is -0.493 e. The molecule has 0 radical (unpaired) electrons. The average Bonchev–Trinajstić information content (AvgIpc) is 3.42. The third kappa shape index (κ3) is 4.22. The van der Waals surface area contributed by atoms with Crippen LogP contribution >= 0.6 is 11.3 Å². The van der Waals surface area contributed by atoms with Crippen LogP contribution in [0.4, 0.5) is 10.8 Å². The molecule has 0 fully saturated rings. The first-order valence-electron chi connectivity index (χ1n) is 9.88. The number of nitrogens with zero attached hydrogens (tertiary/aromatic N) is 2. The van der Waals surface area contributed by atoms with E-state index in [1.165, 1.54) is 48.1 Å². The Morgan fingerprint density at radius 2 is 2.03 bits per heavy atom. The normalized spacial score (nSPS) is 12.3. The third-order valence-electron chi connectivity index (χ3n) is 5.14. The van der Waals surface area contributed by atoms with Crippen LogP contribution in [-0.4, -0.2) is 29.5 Å². The molecule has 1 aliphatic carbocycles. The number of aromatic nitrogens is 1. The van der Waals surface area contributed by atoms with E-state index >= 15 is 0 Å². The largest absolute Gasteiger partial charge is 0.493 e. The Labute approximate surface area is 183 Å². The minimum absolute atomic E-state index is 0.125. The number of nitrogens with one attached hydrogen (secondary N) is 1. The molecule has 0 aliphatic heterocycles. The number of methoxy groups -OCH3 is 1. The lowest BCUT2D eigenvalue weighted by Crippen LogP contribution is -2.14. The van der Waals surface area contributed by atoms with Crippen molar-refractivity contribution in [3.05, 3.63) is 62.5 Å². The van der Waals surface area contributed by atoms with Gasteiger partial charge in [-0.1, -0.05) is 12.1 Å². The van der Waals surface area contributed by atoms with E-state index in [1.807, 2.05) is 11.4 Å². The van der Waals surface area contributed by atoms with Crippen molar-refractivity contribution in [3.63, 3.8) is 0 Å². The van der Waals surface area contributed by atoms with Crippen LogP contribution in [0.1, 0.15) is 34.8 Å². The van der Waals surface area contributed by atoms with Crippen LogP contribution in [-0.2, 0) is 12.8 Å². The smallest absolute Gasteiger partial charge is 0.286 e. The highest BCUT2D eigenvalue weighted by molar-refractivity contribution is 7.14. The third-order valence-corrected chi connectivity index (χ3v) is 5.90. The topological polar surface area (TPSA) is 104 Å². The van der Waals surface area contributed by atoms with E-state index < -0.39 is 10.8 Å². The number of fused-ring (bicyclic) bond motifs is 1. The van der Waals surface area contributed by atoms with Crippen molar-refractivity contribution < 1.29 is 19.2 Å². The van der Waals surface area contributed by atoms with Crippen LogP contribution in [0.15, 0.2) is 35.7 Å². The second-order valence-electron chi connectivity index (χ2n) is 7.04. The second-order valence-corrected chi connectivity index (χ2v) is 7.90. The van der Waals surface area contributed by atoms with Gasteiger partial charge in [0.15, 0.2) is 16.6 Å². The van der Waals surface area contributed by atoms with Crippen LogP contribution in [0.2, 0.25) is 0 Å². The summed E-state index contributed by atoms with van der Waals surface area (Å²) in [5.41, 5.74) is 3.98. The van der Waals surface area contributed by atoms with Gasteiger partial charge in [-0.15, -0.1) is 11.3 Å². The number of amides is 1. The number of aryl methyl sites for hydroxylation is 2. The molecule has 0 atom stereocenters. The predicted octanol–water partition coefficient (Wildman–Crippen LogP) is 4.87. The van der Waals surface area contributed by atoms with Gasteiger partial charge in [-0.05, 0) is 43.4 Å². The number of carbonyl (C=O) groups excluding carboxylic acids is 1. The van der Waals surface area contributed by atoms with Gasteiger partial charge in [0, 0.05) is 17.0 Å². The maximum absolute atomic E-state index is 12.8. The molecule has 1 amide bonds. The first-order chi connectivity index (χ1) is 15.0. The fraction of sp³-hybridized carbons (Fsp3) is 0.273. The molecule has 0 bridgehead atoms. The average molecular weight is 439 g/mol. The zero-order valence-corrected chi connectivity index (χ0v) is 18.0. The Balaban J connectivity index is 1.59. The van der Waals surface area contributed by atoms with Crippen molar-refractivity contribution in [2.75, 3.05) is 19.0 Å². The van der Waals surface area contributed by atoms with Crippen molar-refractivity contribution in [2.24, 2.45) is 0 Å². The lowest BCUT2D eigenvalue weighted by molar-refractivity contribution is -0.385. The lowest BCUT2D eigenvalue weighted by Gasteiger charge is -2.11. The molecule has 0 spiro atoms. The van der Waals surface area contributed by atoms with E-state index in [0.717, 1.165) is 24.1 Å². The Hall–Kier alpha value is -3.46. The summed E-state index contributed by atoms with van der Waals surface area (Å²) in [4.78, 5) is 28.2. The van der Waals surface area contributed by atoms with Gasteiger partial charge in [0.25, 0.3) is 11.6 Å². The fourth-order valence-corrected chi connectivity index (χ4v) is 4.38. The van der Waals surface area contributed by atoms with Gasteiger partial charge in [0.2, 0.25) is 0 Å². The quantitative estimate of drug-likeness (QED) is 0.416. The highest BCUT2D eigenvalue weighted by atomic mass is 32.1.